The van der Waals surface area contributed by atoms with Crippen molar-refractivity contribution in [2.24, 2.45) is 0 Å². The molecule has 1 atom stereocenters. The first kappa shape index (κ1) is 12.9. The van der Waals surface area contributed by atoms with Gasteiger partial charge in [-0.25, -0.2) is 0 Å². The highest BCUT2D eigenvalue weighted by molar-refractivity contribution is 7.80. The monoisotopic (exact) mass is 239 g/mol. The van der Waals surface area contributed by atoms with E-state index in [0.29, 0.717) is 18.3 Å². The predicted octanol–water partition coefficient (Wildman–Crippen LogP) is 1.25. The molecular formula is C11H17N3OS. The van der Waals surface area contributed by atoms with E-state index in [4.69, 9.17) is 17.0 Å². The van der Waals surface area contributed by atoms with Crippen LogP contribution < -0.4 is 10.6 Å². The van der Waals surface area contributed by atoms with Crippen LogP contribution >= 0.6 is 12.2 Å². The second-order valence-electron chi connectivity index (χ2n) is 3.40. The Hall–Kier alpha value is -1.20. The summed E-state index contributed by atoms with van der Waals surface area (Å²) in [6.07, 6.45) is 3.58. The summed E-state index contributed by atoms with van der Waals surface area (Å²) in [5, 5.41) is 6.87. The molecule has 88 valence electrons. The lowest BCUT2D eigenvalue weighted by atomic mass is 10.1. The van der Waals surface area contributed by atoms with Crippen LogP contribution in [0.5, 0.6) is 0 Å². The fourth-order valence-corrected chi connectivity index (χ4v) is 1.51. The Bertz CT molecular complexity index is 318. The molecule has 1 unspecified atom stereocenters. The fourth-order valence-electron chi connectivity index (χ4n) is 1.23. The summed E-state index contributed by atoms with van der Waals surface area (Å²) in [5.41, 5.74) is 1.11. The second-order valence-corrected chi connectivity index (χ2v) is 3.81. The third-order valence-corrected chi connectivity index (χ3v) is 2.39. The van der Waals surface area contributed by atoms with Crippen LogP contribution in [0, 0.1) is 0 Å². The number of ether oxygens (including phenoxy) is 1. The summed E-state index contributed by atoms with van der Waals surface area (Å²) in [5.74, 6) is 0. The van der Waals surface area contributed by atoms with Gasteiger partial charge >= 0.3 is 0 Å². The van der Waals surface area contributed by atoms with E-state index in [1.54, 1.807) is 13.3 Å². The van der Waals surface area contributed by atoms with Crippen molar-refractivity contribution >= 4 is 17.3 Å². The quantitative estimate of drug-likeness (QED) is 0.598. The lowest BCUT2D eigenvalue weighted by molar-refractivity contribution is 0.204. The molecule has 0 saturated heterocycles. The average molecular weight is 239 g/mol. The number of hydrogen-bond donors (Lipinski definition) is 2. The van der Waals surface area contributed by atoms with Gasteiger partial charge in [0.2, 0.25) is 0 Å². The Morgan fingerprint density at radius 2 is 2.44 bits per heavy atom. The van der Waals surface area contributed by atoms with Gasteiger partial charge in [-0.1, -0.05) is 6.07 Å². The lowest BCUT2D eigenvalue weighted by Gasteiger charge is -2.16. The summed E-state index contributed by atoms with van der Waals surface area (Å²) < 4.78 is 4.92. The van der Waals surface area contributed by atoms with Gasteiger partial charge in [0.1, 0.15) is 0 Å². The van der Waals surface area contributed by atoms with Crippen LogP contribution in [-0.2, 0) is 4.74 Å². The molecule has 1 aromatic rings. The molecule has 2 N–H and O–H groups in total. The van der Waals surface area contributed by atoms with Crippen molar-refractivity contribution in [3.8, 4) is 0 Å². The van der Waals surface area contributed by atoms with E-state index in [2.05, 4.69) is 15.6 Å². The number of methoxy groups -OCH3 is 1. The molecule has 1 aromatic heterocycles. The molecule has 0 aliphatic carbocycles. The molecule has 0 fully saturated rings. The number of thiocarbonyl (C=S) groups is 1. The topological polar surface area (TPSA) is 46.2 Å². The van der Waals surface area contributed by atoms with Crippen LogP contribution in [0.3, 0.4) is 0 Å². The molecule has 5 heteroatoms. The minimum Gasteiger partial charge on any atom is -0.383 e. The summed E-state index contributed by atoms with van der Waals surface area (Å²) in [7, 11) is 1.66. The van der Waals surface area contributed by atoms with E-state index in [9.17, 15) is 0 Å². The van der Waals surface area contributed by atoms with Crippen molar-refractivity contribution in [2.45, 2.75) is 13.0 Å². The molecular weight excluding hydrogens is 222 g/mol. The minimum atomic E-state index is 0.149. The van der Waals surface area contributed by atoms with E-state index in [1.807, 2.05) is 25.3 Å². The molecule has 1 rings (SSSR count). The molecule has 4 nitrogen and oxygen atoms in total. The molecule has 16 heavy (non-hydrogen) atoms. The Morgan fingerprint density at radius 1 is 1.62 bits per heavy atom. The van der Waals surface area contributed by atoms with E-state index in [1.165, 1.54) is 0 Å². The molecule has 0 saturated carbocycles. The smallest absolute Gasteiger partial charge is 0.166 e. The van der Waals surface area contributed by atoms with Crippen LogP contribution in [0.15, 0.2) is 24.5 Å². The highest BCUT2D eigenvalue weighted by Gasteiger charge is 2.05. The van der Waals surface area contributed by atoms with Crippen molar-refractivity contribution < 1.29 is 4.74 Å². The maximum Gasteiger partial charge on any atom is 0.166 e. The summed E-state index contributed by atoms with van der Waals surface area (Å²) in [6.45, 7) is 3.40. The van der Waals surface area contributed by atoms with Crippen LogP contribution in [0.1, 0.15) is 18.5 Å². The van der Waals surface area contributed by atoms with Crippen LogP contribution in [0.2, 0.25) is 0 Å². The third kappa shape index (κ3) is 4.55. The van der Waals surface area contributed by atoms with Gasteiger partial charge < -0.3 is 15.4 Å². The van der Waals surface area contributed by atoms with Crippen molar-refractivity contribution in [1.29, 1.82) is 0 Å². The minimum absolute atomic E-state index is 0.149. The SMILES string of the molecule is COCCNC(=S)NC(C)c1cccnc1. The predicted molar refractivity (Wildman–Crippen MR) is 68.3 cm³/mol. The fraction of sp³-hybridized carbons (Fsp3) is 0.455. The molecule has 0 aliphatic rings. The Morgan fingerprint density at radius 3 is 3.06 bits per heavy atom. The van der Waals surface area contributed by atoms with Crippen molar-refractivity contribution in [3.05, 3.63) is 30.1 Å². The highest BCUT2D eigenvalue weighted by atomic mass is 32.1. The molecule has 1 heterocycles. The first-order chi connectivity index (χ1) is 7.74. The van der Waals surface area contributed by atoms with Crippen LogP contribution in [0.25, 0.3) is 0 Å². The largest absolute Gasteiger partial charge is 0.383 e. The maximum atomic E-state index is 5.15. The van der Waals surface area contributed by atoms with Gasteiger partial charge in [0.15, 0.2) is 5.11 Å². The Labute approximate surface area is 101 Å². The van der Waals surface area contributed by atoms with E-state index >= 15 is 0 Å². The number of aromatic nitrogens is 1. The molecule has 0 aliphatic heterocycles. The molecule has 0 aromatic carbocycles. The standard InChI is InChI=1S/C11H17N3OS/c1-9(10-4-3-5-12-8-10)14-11(16)13-6-7-15-2/h3-5,8-9H,6-7H2,1-2H3,(H2,13,14,16). The number of nitrogens with one attached hydrogen (secondary N) is 2. The van der Waals surface area contributed by atoms with Crippen LogP contribution in [-0.4, -0.2) is 30.4 Å². The maximum absolute atomic E-state index is 5.15. The zero-order chi connectivity index (χ0) is 11.8. The Kier molecular flexibility index (Phi) is 5.74. The summed E-state index contributed by atoms with van der Waals surface area (Å²) in [6, 6.07) is 4.08. The number of rotatable bonds is 5. The third-order valence-electron chi connectivity index (χ3n) is 2.12. The molecule has 0 spiro atoms. The van der Waals surface area contributed by atoms with Gasteiger partial charge in [0, 0.05) is 26.0 Å². The van der Waals surface area contributed by atoms with Crippen molar-refractivity contribution in [2.75, 3.05) is 20.3 Å². The van der Waals surface area contributed by atoms with Crippen LogP contribution in [0.4, 0.5) is 0 Å². The Balaban J connectivity index is 2.34. The van der Waals surface area contributed by atoms with E-state index < -0.39 is 0 Å². The zero-order valence-electron chi connectivity index (χ0n) is 9.56. The normalized spacial score (nSPS) is 11.9. The van der Waals surface area contributed by atoms with Gasteiger partial charge in [0.05, 0.1) is 12.6 Å². The van der Waals surface area contributed by atoms with Crippen molar-refractivity contribution in [1.82, 2.24) is 15.6 Å². The van der Waals surface area contributed by atoms with Crippen molar-refractivity contribution in [3.63, 3.8) is 0 Å². The summed E-state index contributed by atoms with van der Waals surface area (Å²) in [4.78, 5) is 4.06. The van der Waals surface area contributed by atoms with Gasteiger partial charge in [-0.15, -0.1) is 0 Å². The molecule has 0 bridgehead atoms. The highest BCUT2D eigenvalue weighted by Crippen LogP contribution is 2.08. The first-order valence-electron chi connectivity index (χ1n) is 5.17. The van der Waals surface area contributed by atoms with Gasteiger partial charge in [-0.05, 0) is 30.8 Å². The second kappa shape index (κ2) is 7.14. The van der Waals surface area contributed by atoms with E-state index in [-0.39, 0.29) is 6.04 Å². The molecule has 0 amide bonds. The van der Waals surface area contributed by atoms with Gasteiger partial charge in [-0.3, -0.25) is 4.98 Å². The number of pyridine rings is 1. The summed E-state index contributed by atoms with van der Waals surface area (Å²) >= 11 is 5.15. The zero-order valence-corrected chi connectivity index (χ0v) is 10.4. The molecule has 0 radical (unpaired) electrons. The van der Waals surface area contributed by atoms with Gasteiger partial charge in [0.25, 0.3) is 0 Å². The van der Waals surface area contributed by atoms with Gasteiger partial charge in [-0.2, -0.15) is 0 Å². The number of nitrogens with zero attached hydrogens (tertiary/aromatic N) is 1. The van der Waals surface area contributed by atoms with E-state index in [0.717, 1.165) is 5.56 Å². The lowest BCUT2D eigenvalue weighted by Crippen LogP contribution is -2.38. The number of hydrogen-bond acceptors (Lipinski definition) is 3. The average Bonchev–Trinajstić information content (AvgIpc) is 2.30. The first-order valence-corrected chi connectivity index (χ1v) is 5.58.